The molecule has 0 saturated heterocycles. The molecule has 4 aromatic rings. The molecule has 0 heterocycles. The van der Waals surface area contributed by atoms with Crippen molar-refractivity contribution in [2.75, 3.05) is 5.73 Å². The highest BCUT2D eigenvalue weighted by Crippen LogP contribution is 2.39. The molecule has 0 radical (unpaired) electrons. The molecule has 0 aliphatic heterocycles. The summed E-state index contributed by atoms with van der Waals surface area (Å²) in [5, 5.41) is 7.77. The van der Waals surface area contributed by atoms with Crippen molar-refractivity contribution in [2.45, 2.75) is 19.8 Å². The van der Waals surface area contributed by atoms with Crippen molar-refractivity contribution < 1.29 is 0 Å². The fourth-order valence-electron chi connectivity index (χ4n) is 3.35. The van der Waals surface area contributed by atoms with Crippen LogP contribution in [-0.4, -0.2) is 0 Å². The molecule has 0 saturated carbocycles. The Morgan fingerprint density at radius 2 is 1.25 bits per heavy atom. The normalized spacial score (nSPS) is 12.2. The third-order valence-electron chi connectivity index (χ3n) is 4.35. The lowest BCUT2D eigenvalue weighted by Crippen LogP contribution is -1.93. The maximum absolute atomic E-state index is 6.16. The van der Waals surface area contributed by atoms with Crippen molar-refractivity contribution in [1.29, 1.82) is 0 Å². The molecular weight excluding hydrogens is 242 g/mol. The Morgan fingerprint density at radius 3 is 1.95 bits per heavy atom. The van der Waals surface area contributed by atoms with Gasteiger partial charge < -0.3 is 5.73 Å². The van der Waals surface area contributed by atoms with Crippen LogP contribution in [0.4, 0.5) is 5.69 Å². The van der Waals surface area contributed by atoms with Crippen LogP contribution in [0.1, 0.15) is 25.3 Å². The lowest BCUT2D eigenvalue weighted by atomic mass is 9.88. The Balaban J connectivity index is 2.35. The summed E-state index contributed by atoms with van der Waals surface area (Å²) in [7, 11) is 0. The predicted molar refractivity (Wildman–Crippen MR) is 88.6 cm³/mol. The van der Waals surface area contributed by atoms with E-state index in [-0.39, 0.29) is 0 Å². The molecular formula is C19H17N. The maximum Gasteiger partial charge on any atom is 0.0394 e. The van der Waals surface area contributed by atoms with Gasteiger partial charge in [0.05, 0.1) is 0 Å². The lowest BCUT2D eigenvalue weighted by Gasteiger charge is -2.16. The minimum atomic E-state index is 0.525. The monoisotopic (exact) mass is 259 g/mol. The molecule has 1 nitrogen and oxygen atoms in total. The first-order chi connectivity index (χ1) is 9.66. The molecule has 2 N–H and O–H groups in total. The summed E-state index contributed by atoms with van der Waals surface area (Å²) in [5.41, 5.74) is 8.44. The number of rotatable bonds is 1. The third-order valence-corrected chi connectivity index (χ3v) is 4.35. The largest absolute Gasteiger partial charge is 0.398 e. The zero-order valence-corrected chi connectivity index (χ0v) is 11.8. The van der Waals surface area contributed by atoms with Gasteiger partial charge >= 0.3 is 0 Å². The van der Waals surface area contributed by atoms with E-state index in [1.165, 1.54) is 37.9 Å². The van der Waals surface area contributed by atoms with Gasteiger partial charge in [-0.05, 0) is 44.5 Å². The molecule has 1 heteroatoms. The fraction of sp³-hybridized carbons (Fsp3) is 0.158. The summed E-state index contributed by atoms with van der Waals surface area (Å²) in [6, 6.07) is 17.4. The van der Waals surface area contributed by atoms with E-state index in [4.69, 9.17) is 5.73 Å². The summed E-state index contributed by atoms with van der Waals surface area (Å²) >= 11 is 0. The van der Waals surface area contributed by atoms with E-state index in [9.17, 15) is 0 Å². The Hall–Kier alpha value is -2.28. The summed E-state index contributed by atoms with van der Waals surface area (Å²) in [6.07, 6.45) is 0. The van der Waals surface area contributed by atoms with Gasteiger partial charge in [0.15, 0.2) is 0 Å². The number of nitrogens with two attached hydrogens (primary N) is 1. The highest BCUT2D eigenvalue weighted by molar-refractivity contribution is 6.25. The quantitative estimate of drug-likeness (QED) is 0.365. The average Bonchev–Trinajstić information content (AvgIpc) is 2.46. The van der Waals surface area contributed by atoms with Gasteiger partial charge in [-0.3, -0.25) is 0 Å². The highest BCUT2D eigenvalue weighted by Gasteiger charge is 2.13. The van der Waals surface area contributed by atoms with E-state index in [1.807, 2.05) is 6.07 Å². The molecule has 98 valence electrons. The SMILES string of the molecule is CC(C)c1ccc2ccc3c(N)ccc4ccc1c2c43. The molecule has 0 unspecified atom stereocenters. The first-order valence-electron chi connectivity index (χ1n) is 7.12. The van der Waals surface area contributed by atoms with Crippen LogP contribution in [0.15, 0.2) is 48.5 Å². The van der Waals surface area contributed by atoms with E-state index < -0.39 is 0 Å². The Kier molecular flexibility index (Phi) is 2.23. The molecule has 20 heavy (non-hydrogen) atoms. The number of benzene rings is 4. The van der Waals surface area contributed by atoms with Crippen LogP contribution in [0.5, 0.6) is 0 Å². The van der Waals surface area contributed by atoms with Crippen molar-refractivity contribution in [3.8, 4) is 0 Å². The molecule has 0 spiro atoms. The number of nitrogen functional groups attached to an aromatic ring is 1. The molecule has 0 aliphatic carbocycles. The molecule has 0 bridgehead atoms. The van der Waals surface area contributed by atoms with Crippen LogP contribution in [0.2, 0.25) is 0 Å². The molecule has 0 amide bonds. The van der Waals surface area contributed by atoms with Crippen LogP contribution in [0.25, 0.3) is 32.3 Å². The van der Waals surface area contributed by atoms with Gasteiger partial charge in [0.2, 0.25) is 0 Å². The second kappa shape index (κ2) is 3.86. The average molecular weight is 259 g/mol. The minimum absolute atomic E-state index is 0.525. The van der Waals surface area contributed by atoms with E-state index >= 15 is 0 Å². The van der Waals surface area contributed by atoms with Crippen LogP contribution >= 0.6 is 0 Å². The van der Waals surface area contributed by atoms with E-state index in [0.29, 0.717) is 5.92 Å². The van der Waals surface area contributed by atoms with Gasteiger partial charge in [0.25, 0.3) is 0 Å². The summed E-state index contributed by atoms with van der Waals surface area (Å²) in [4.78, 5) is 0. The van der Waals surface area contributed by atoms with E-state index in [0.717, 1.165) is 5.69 Å². The standard InChI is InChI=1S/C19H17N/c1-11(2)14-7-3-12-5-9-16-17(20)10-6-13-4-8-15(14)18(12)19(13)16/h3-11H,20H2,1-2H3. The first-order valence-corrected chi connectivity index (χ1v) is 7.12. The van der Waals surface area contributed by atoms with Gasteiger partial charge in [-0.1, -0.05) is 56.3 Å². The summed E-state index contributed by atoms with van der Waals surface area (Å²) < 4.78 is 0. The lowest BCUT2D eigenvalue weighted by molar-refractivity contribution is 0.877. The maximum atomic E-state index is 6.16. The van der Waals surface area contributed by atoms with Crippen LogP contribution in [0, 0.1) is 0 Å². The van der Waals surface area contributed by atoms with Crippen LogP contribution in [0.3, 0.4) is 0 Å². The molecule has 0 fully saturated rings. The number of hydrogen-bond acceptors (Lipinski definition) is 1. The fourth-order valence-corrected chi connectivity index (χ4v) is 3.35. The van der Waals surface area contributed by atoms with Gasteiger partial charge in [-0.2, -0.15) is 0 Å². The van der Waals surface area contributed by atoms with E-state index in [2.05, 4.69) is 56.3 Å². The zero-order valence-electron chi connectivity index (χ0n) is 11.8. The van der Waals surface area contributed by atoms with Gasteiger partial charge in [0, 0.05) is 11.1 Å². The second-order valence-electron chi connectivity index (χ2n) is 5.89. The second-order valence-corrected chi connectivity index (χ2v) is 5.89. The first kappa shape index (κ1) is 11.5. The van der Waals surface area contributed by atoms with Gasteiger partial charge in [0.1, 0.15) is 0 Å². The van der Waals surface area contributed by atoms with E-state index in [1.54, 1.807) is 0 Å². The molecule has 0 atom stereocenters. The minimum Gasteiger partial charge on any atom is -0.398 e. The van der Waals surface area contributed by atoms with Crippen molar-refractivity contribution in [3.63, 3.8) is 0 Å². The number of hydrogen-bond donors (Lipinski definition) is 1. The Morgan fingerprint density at radius 1 is 0.700 bits per heavy atom. The highest BCUT2D eigenvalue weighted by atomic mass is 14.5. The van der Waals surface area contributed by atoms with Crippen molar-refractivity contribution >= 4 is 38.0 Å². The van der Waals surface area contributed by atoms with Crippen molar-refractivity contribution in [2.24, 2.45) is 0 Å². The molecule has 4 rings (SSSR count). The summed E-state index contributed by atoms with van der Waals surface area (Å²) in [6.45, 7) is 4.50. The van der Waals surface area contributed by atoms with Gasteiger partial charge in [-0.25, -0.2) is 0 Å². The predicted octanol–water partition coefficient (Wildman–Crippen LogP) is 5.29. The zero-order chi connectivity index (χ0) is 13.9. The number of anilines is 1. The Labute approximate surface area is 118 Å². The molecule has 0 aromatic heterocycles. The molecule has 4 aromatic carbocycles. The molecule has 0 aliphatic rings. The van der Waals surface area contributed by atoms with Crippen LogP contribution < -0.4 is 5.73 Å². The Bertz CT molecular complexity index is 935. The summed E-state index contributed by atoms with van der Waals surface area (Å²) in [5.74, 6) is 0.525. The smallest absolute Gasteiger partial charge is 0.0394 e. The van der Waals surface area contributed by atoms with Crippen molar-refractivity contribution in [1.82, 2.24) is 0 Å². The van der Waals surface area contributed by atoms with Crippen molar-refractivity contribution in [3.05, 3.63) is 54.1 Å². The van der Waals surface area contributed by atoms with Gasteiger partial charge in [-0.15, -0.1) is 0 Å². The third kappa shape index (κ3) is 1.38. The topological polar surface area (TPSA) is 26.0 Å². The van der Waals surface area contributed by atoms with Crippen LogP contribution in [-0.2, 0) is 0 Å².